The van der Waals surface area contributed by atoms with E-state index in [9.17, 15) is 9.59 Å². The number of nitrogens with two attached hydrogens (primary N) is 1. The smallest absolute Gasteiger partial charge is 0.267 e. The Kier molecular flexibility index (Phi) is 5.29. The summed E-state index contributed by atoms with van der Waals surface area (Å²) in [6, 6.07) is 7.82. The summed E-state index contributed by atoms with van der Waals surface area (Å²) in [5, 5.41) is 0.859. The van der Waals surface area contributed by atoms with Gasteiger partial charge < -0.3 is 5.73 Å². The van der Waals surface area contributed by atoms with Crippen molar-refractivity contribution in [3.05, 3.63) is 50.6 Å². The molecule has 2 N–H and O–H groups in total. The molecule has 28 heavy (non-hydrogen) atoms. The standard InChI is InChI=1S/C21H23N3O2S2/c1-3-15(18(22)25)28-21-23-19-17(14-6-4-5-7-16(14)27-19)20(26)24(21)13-10-8-12(2)9-11-13/h8-11,15H,3-7H2,1-2H3,(H2,22,25). The lowest BCUT2D eigenvalue weighted by Crippen LogP contribution is -2.28. The molecule has 0 aliphatic heterocycles. The number of aromatic nitrogens is 2. The molecule has 1 atom stereocenters. The van der Waals surface area contributed by atoms with Crippen LogP contribution in [0.15, 0.2) is 34.2 Å². The van der Waals surface area contributed by atoms with Gasteiger partial charge in [0.25, 0.3) is 5.56 Å². The number of fused-ring (bicyclic) bond motifs is 3. The fraction of sp³-hybridized carbons (Fsp3) is 0.381. The van der Waals surface area contributed by atoms with Crippen LogP contribution < -0.4 is 11.3 Å². The molecule has 2 heterocycles. The summed E-state index contributed by atoms with van der Waals surface area (Å²) < 4.78 is 1.65. The topological polar surface area (TPSA) is 78.0 Å². The number of benzene rings is 1. The first-order valence-electron chi connectivity index (χ1n) is 9.60. The normalized spacial score (nSPS) is 14.8. The van der Waals surface area contributed by atoms with Crippen molar-refractivity contribution in [2.45, 2.75) is 56.4 Å². The highest BCUT2D eigenvalue weighted by molar-refractivity contribution is 8.00. The molecule has 1 amide bonds. The van der Waals surface area contributed by atoms with E-state index < -0.39 is 5.25 Å². The van der Waals surface area contributed by atoms with Gasteiger partial charge in [-0.05, 0) is 56.7 Å². The molecule has 2 aromatic heterocycles. The molecule has 1 unspecified atom stereocenters. The van der Waals surface area contributed by atoms with Crippen LogP contribution in [0.3, 0.4) is 0 Å². The number of primary amides is 1. The molecule has 1 aliphatic carbocycles. The molecule has 1 aliphatic rings. The first kappa shape index (κ1) is 19.2. The Morgan fingerprint density at radius 3 is 2.68 bits per heavy atom. The highest BCUT2D eigenvalue weighted by Gasteiger charge is 2.25. The number of amides is 1. The van der Waals surface area contributed by atoms with Crippen molar-refractivity contribution in [2.24, 2.45) is 5.73 Å². The Bertz CT molecular complexity index is 1100. The van der Waals surface area contributed by atoms with Crippen molar-refractivity contribution in [2.75, 3.05) is 0 Å². The van der Waals surface area contributed by atoms with Gasteiger partial charge in [-0.1, -0.05) is 36.4 Å². The molecule has 5 nitrogen and oxygen atoms in total. The summed E-state index contributed by atoms with van der Waals surface area (Å²) >= 11 is 2.90. The maximum absolute atomic E-state index is 13.6. The average Bonchev–Trinajstić information content (AvgIpc) is 3.05. The van der Waals surface area contributed by atoms with Crippen LogP contribution in [0.2, 0.25) is 0 Å². The lowest BCUT2D eigenvalue weighted by molar-refractivity contribution is -0.117. The molecular formula is C21H23N3O2S2. The minimum Gasteiger partial charge on any atom is -0.369 e. The van der Waals surface area contributed by atoms with E-state index in [-0.39, 0.29) is 11.5 Å². The average molecular weight is 414 g/mol. The van der Waals surface area contributed by atoms with Gasteiger partial charge in [0.15, 0.2) is 5.16 Å². The molecular weight excluding hydrogens is 390 g/mol. The number of hydrogen-bond acceptors (Lipinski definition) is 5. The summed E-state index contributed by atoms with van der Waals surface area (Å²) in [6.07, 6.45) is 4.81. The predicted molar refractivity (Wildman–Crippen MR) is 116 cm³/mol. The van der Waals surface area contributed by atoms with Crippen LogP contribution >= 0.6 is 23.1 Å². The van der Waals surface area contributed by atoms with Gasteiger partial charge in [0.1, 0.15) is 4.83 Å². The molecule has 7 heteroatoms. The van der Waals surface area contributed by atoms with Gasteiger partial charge in [-0.15, -0.1) is 11.3 Å². The van der Waals surface area contributed by atoms with Gasteiger partial charge >= 0.3 is 0 Å². The van der Waals surface area contributed by atoms with Gasteiger partial charge in [-0.3, -0.25) is 14.2 Å². The summed E-state index contributed by atoms with van der Waals surface area (Å²) in [6.45, 7) is 3.93. The molecule has 0 spiro atoms. The molecule has 1 aromatic carbocycles. The van der Waals surface area contributed by atoms with Gasteiger partial charge in [0, 0.05) is 4.88 Å². The van der Waals surface area contributed by atoms with Crippen molar-refractivity contribution < 1.29 is 4.79 Å². The Labute approximate surface area is 172 Å². The second-order valence-corrected chi connectivity index (χ2v) is 9.43. The van der Waals surface area contributed by atoms with Crippen molar-refractivity contribution >= 4 is 39.2 Å². The van der Waals surface area contributed by atoms with E-state index in [0.29, 0.717) is 11.6 Å². The first-order valence-corrected chi connectivity index (χ1v) is 11.3. The third-order valence-corrected chi connectivity index (χ3v) is 7.71. The lowest BCUT2D eigenvalue weighted by Gasteiger charge is -2.16. The van der Waals surface area contributed by atoms with E-state index >= 15 is 0 Å². The van der Waals surface area contributed by atoms with Crippen molar-refractivity contribution in [3.63, 3.8) is 0 Å². The van der Waals surface area contributed by atoms with Gasteiger partial charge in [-0.2, -0.15) is 0 Å². The molecule has 0 saturated heterocycles. The first-order chi connectivity index (χ1) is 13.5. The summed E-state index contributed by atoms with van der Waals surface area (Å²) in [7, 11) is 0. The summed E-state index contributed by atoms with van der Waals surface area (Å²) in [4.78, 5) is 32.3. The van der Waals surface area contributed by atoms with E-state index in [4.69, 9.17) is 10.7 Å². The molecule has 146 valence electrons. The van der Waals surface area contributed by atoms with Crippen molar-refractivity contribution in [3.8, 4) is 5.69 Å². The minimum absolute atomic E-state index is 0.0462. The third-order valence-electron chi connectivity index (χ3n) is 5.19. The molecule has 4 rings (SSSR count). The summed E-state index contributed by atoms with van der Waals surface area (Å²) in [5.41, 5.74) is 8.57. The number of thiophene rings is 1. The van der Waals surface area contributed by atoms with Gasteiger partial charge in [0.2, 0.25) is 5.91 Å². The largest absolute Gasteiger partial charge is 0.369 e. The van der Waals surface area contributed by atoms with E-state index in [2.05, 4.69) is 0 Å². The van der Waals surface area contributed by atoms with Crippen LogP contribution in [-0.2, 0) is 17.6 Å². The van der Waals surface area contributed by atoms with Crippen LogP contribution in [0, 0.1) is 6.92 Å². The Balaban J connectivity index is 1.97. The number of aryl methyl sites for hydroxylation is 3. The van der Waals surface area contributed by atoms with Gasteiger partial charge in [-0.25, -0.2) is 4.98 Å². The van der Waals surface area contributed by atoms with Crippen LogP contribution in [0.4, 0.5) is 0 Å². The second kappa shape index (κ2) is 7.72. The Morgan fingerprint density at radius 1 is 1.29 bits per heavy atom. The van der Waals surface area contributed by atoms with Crippen molar-refractivity contribution in [1.82, 2.24) is 9.55 Å². The molecule has 3 aromatic rings. The number of hydrogen-bond donors (Lipinski definition) is 1. The van der Waals surface area contributed by atoms with E-state index in [0.717, 1.165) is 47.2 Å². The molecule has 0 fully saturated rings. The number of thioether (sulfide) groups is 1. The van der Waals surface area contributed by atoms with Crippen molar-refractivity contribution in [1.29, 1.82) is 0 Å². The number of nitrogens with zero attached hydrogens (tertiary/aromatic N) is 2. The molecule has 0 radical (unpaired) electrons. The second-order valence-electron chi connectivity index (χ2n) is 7.18. The van der Waals surface area contributed by atoms with Crippen LogP contribution in [0.5, 0.6) is 0 Å². The summed E-state index contributed by atoms with van der Waals surface area (Å²) in [5.74, 6) is -0.386. The van der Waals surface area contributed by atoms with Crippen LogP contribution in [0.1, 0.15) is 42.2 Å². The monoisotopic (exact) mass is 413 g/mol. The maximum atomic E-state index is 13.6. The Hall–Kier alpha value is -2.12. The molecule has 0 saturated carbocycles. The highest BCUT2D eigenvalue weighted by Crippen LogP contribution is 2.36. The fourth-order valence-electron chi connectivity index (χ4n) is 3.66. The van der Waals surface area contributed by atoms with Gasteiger partial charge in [0.05, 0.1) is 16.3 Å². The maximum Gasteiger partial charge on any atom is 0.267 e. The van der Waals surface area contributed by atoms with E-state index in [1.165, 1.54) is 22.2 Å². The van der Waals surface area contributed by atoms with Crippen LogP contribution in [0.25, 0.3) is 15.9 Å². The molecule has 0 bridgehead atoms. The zero-order chi connectivity index (χ0) is 19.8. The SMILES string of the molecule is CCC(Sc1nc2sc3c(c2c(=O)n1-c1ccc(C)cc1)CCCC3)C(N)=O. The highest BCUT2D eigenvalue weighted by atomic mass is 32.2. The Morgan fingerprint density at radius 2 is 2.00 bits per heavy atom. The fourth-order valence-corrected chi connectivity index (χ4v) is 5.94. The van der Waals surface area contributed by atoms with Crippen LogP contribution in [-0.4, -0.2) is 20.7 Å². The minimum atomic E-state index is -0.421. The van der Waals surface area contributed by atoms with E-state index in [1.54, 1.807) is 15.9 Å². The quantitative estimate of drug-likeness (QED) is 0.507. The van der Waals surface area contributed by atoms with E-state index in [1.807, 2.05) is 38.1 Å². The predicted octanol–water partition coefficient (Wildman–Crippen LogP) is 3.99. The zero-order valence-electron chi connectivity index (χ0n) is 16.0. The number of rotatable bonds is 5. The number of carbonyl (C=O) groups excluding carboxylic acids is 1. The lowest BCUT2D eigenvalue weighted by atomic mass is 9.97. The zero-order valence-corrected chi connectivity index (χ0v) is 17.7. The number of carbonyl (C=O) groups is 1. The third kappa shape index (κ3) is 3.37.